The normalized spacial score (nSPS) is 35.4. The molecule has 2 atom stereocenters. The summed E-state index contributed by atoms with van der Waals surface area (Å²) in [6, 6.07) is 0.546. The molecule has 4 heteroatoms. The SMILES string of the molecule is CCCC1(C(=O)O)CCN(C2CSCCC2(C)C)C1. The molecule has 2 rings (SSSR count). The van der Waals surface area contributed by atoms with Crippen molar-refractivity contribution in [1.29, 1.82) is 0 Å². The zero-order valence-corrected chi connectivity index (χ0v) is 13.3. The van der Waals surface area contributed by atoms with Gasteiger partial charge in [-0.25, -0.2) is 0 Å². The molecular formula is C15H27NO2S. The van der Waals surface area contributed by atoms with Crippen LogP contribution >= 0.6 is 11.8 Å². The van der Waals surface area contributed by atoms with Crippen LogP contribution in [0.15, 0.2) is 0 Å². The number of hydrogen-bond acceptors (Lipinski definition) is 3. The molecule has 0 aromatic heterocycles. The van der Waals surface area contributed by atoms with Crippen LogP contribution in [-0.4, -0.2) is 46.6 Å². The second-order valence-electron chi connectivity index (χ2n) is 6.89. The minimum atomic E-state index is -0.585. The Morgan fingerprint density at radius 1 is 1.42 bits per heavy atom. The van der Waals surface area contributed by atoms with E-state index in [1.54, 1.807) is 0 Å². The molecule has 0 amide bonds. The van der Waals surface area contributed by atoms with Crippen LogP contribution in [0.1, 0.15) is 46.5 Å². The van der Waals surface area contributed by atoms with E-state index in [9.17, 15) is 9.90 Å². The summed E-state index contributed by atoms with van der Waals surface area (Å²) in [7, 11) is 0. The second-order valence-corrected chi connectivity index (χ2v) is 8.04. The topological polar surface area (TPSA) is 40.5 Å². The van der Waals surface area contributed by atoms with Crippen molar-refractivity contribution in [2.24, 2.45) is 10.8 Å². The van der Waals surface area contributed by atoms with E-state index in [0.717, 1.165) is 38.1 Å². The van der Waals surface area contributed by atoms with Crippen LogP contribution < -0.4 is 0 Å². The average molecular weight is 285 g/mol. The highest BCUT2D eigenvalue weighted by Gasteiger charge is 2.48. The highest BCUT2D eigenvalue weighted by atomic mass is 32.2. The predicted octanol–water partition coefficient (Wildman–Crippen LogP) is 3.09. The maximum Gasteiger partial charge on any atom is 0.310 e. The van der Waals surface area contributed by atoms with E-state index in [0.29, 0.717) is 11.5 Å². The molecule has 2 aliphatic heterocycles. The number of aliphatic carboxylic acids is 1. The van der Waals surface area contributed by atoms with Crippen molar-refractivity contribution >= 4 is 17.7 Å². The third kappa shape index (κ3) is 2.94. The van der Waals surface area contributed by atoms with Crippen molar-refractivity contribution in [1.82, 2.24) is 4.90 Å². The molecule has 0 bridgehead atoms. The van der Waals surface area contributed by atoms with Crippen LogP contribution in [0.5, 0.6) is 0 Å². The summed E-state index contributed by atoms with van der Waals surface area (Å²) in [5.41, 5.74) is -0.154. The molecule has 2 aliphatic rings. The van der Waals surface area contributed by atoms with E-state index in [1.807, 2.05) is 11.8 Å². The van der Waals surface area contributed by atoms with Crippen molar-refractivity contribution in [3.8, 4) is 0 Å². The van der Waals surface area contributed by atoms with E-state index in [1.165, 1.54) is 12.2 Å². The lowest BCUT2D eigenvalue weighted by Gasteiger charge is -2.44. The second kappa shape index (κ2) is 5.65. The number of hydrogen-bond donors (Lipinski definition) is 1. The van der Waals surface area contributed by atoms with Gasteiger partial charge in [-0.3, -0.25) is 9.69 Å². The first-order valence-electron chi connectivity index (χ1n) is 7.46. The summed E-state index contributed by atoms with van der Waals surface area (Å²) in [5.74, 6) is 1.82. The van der Waals surface area contributed by atoms with Crippen molar-refractivity contribution in [3.05, 3.63) is 0 Å². The third-order valence-electron chi connectivity index (χ3n) is 5.07. The van der Waals surface area contributed by atoms with Gasteiger partial charge in [0.1, 0.15) is 0 Å². The number of carboxylic acid groups (broad SMARTS) is 1. The molecule has 0 aromatic rings. The van der Waals surface area contributed by atoms with Crippen molar-refractivity contribution in [3.63, 3.8) is 0 Å². The standard InChI is InChI=1S/C15H27NO2S/c1-4-5-15(13(17)18)6-8-16(11-15)12-10-19-9-7-14(12,2)3/h12H,4-11H2,1-3H3,(H,17,18). The van der Waals surface area contributed by atoms with E-state index < -0.39 is 11.4 Å². The van der Waals surface area contributed by atoms with Gasteiger partial charge in [-0.1, -0.05) is 27.2 Å². The van der Waals surface area contributed by atoms with Gasteiger partial charge in [0.2, 0.25) is 0 Å². The van der Waals surface area contributed by atoms with Crippen molar-refractivity contribution in [2.45, 2.75) is 52.5 Å². The van der Waals surface area contributed by atoms with E-state index >= 15 is 0 Å². The number of carboxylic acids is 1. The van der Waals surface area contributed by atoms with E-state index in [2.05, 4.69) is 25.7 Å². The molecule has 19 heavy (non-hydrogen) atoms. The summed E-state index contributed by atoms with van der Waals surface area (Å²) in [6.07, 6.45) is 3.85. The lowest BCUT2D eigenvalue weighted by Crippen LogP contribution is -2.49. The summed E-state index contributed by atoms with van der Waals surface area (Å²) < 4.78 is 0. The van der Waals surface area contributed by atoms with Crippen LogP contribution in [0.25, 0.3) is 0 Å². The van der Waals surface area contributed by atoms with Gasteiger partial charge >= 0.3 is 5.97 Å². The zero-order chi connectivity index (χ0) is 14.1. The minimum absolute atomic E-state index is 0.325. The van der Waals surface area contributed by atoms with Crippen molar-refractivity contribution in [2.75, 3.05) is 24.6 Å². The largest absolute Gasteiger partial charge is 0.481 e. The maximum absolute atomic E-state index is 11.7. The first-order valence-corrected chi connectivity index (χ1v) is 8.62. The quantitative estimate of drug-likeness (QED) is 0.861. The molecule has 0 saturated carbocycles. The Hall–Kier alpha value is -0.220. The number of thioether (sulfide) groups is 1. The Bertz CT molecular complexity index is 345. The smallest absolute Gasteiger partial charge is 0.310 e. The van der Waals surface area contributed by atoms with Crippen LogP contribution in [0.3, 0.4) is 0 Å². The van der Waals surface area contributed by atoms with Gasteiger partial charge in [0.25, 0.3) is 0 Å². The summed E-state index contributed by atoms with van der Waals surface area (Å²) in [5, 5.41) is 9.61. The number of nitrogens with zero attached hydrogens (tertiary/aromatic N) is 1. The van der Waals surface area contributed by atoms with E-state index in [4.69, 9.17) is 0 Å². The van der Waals surface area contributed by atoms with Crippen LogP contribution in [0.2, 0.25) is 0 Å². The molecule has 0 aromatic carbocycles. The Morgan fingerprint density at radius 2 is 2.16 bits per heavy atom. The van der Waals surface area contributed by atoms with Crippen LogP contribution in [0, 0.1) is 10.8 Å². The Balaban J connectivity index is 2.10. The molecule has 0 radical (unpaired) electrons. The molecule has 110 valence electrons. The zero-order valence-electron chi connectivity index (χ0n) is 12.4. The molecule has 2 fully saturated rings. The maximum atomic E-state index is 11.7. The van der Waals surface area contributed by atoms with Gasteiger partial charge in [0.05, 0.1) is 5.41 Å². The van der Waals surface area contributed by atoms with Gasteiger partial charge in [-0.15, -0.1) is 0 Å². The highest BCUT2D eigenvalue weighted by Crippen LogP contribution is 2.43. The molecule has 0 spiro atoms. The monoisotopic (exact) mass is 285 g/mol. The molecular weight excluding hydrogens is 258 g/mol. The summed E-state index contributed by atoms with van der Waals surface area (Å²) in [6.45, 7) is 8.50. The van der Waals surface area contributed by atoms with Crippen LogP contribution in [0.4, 0.5) is 0 Å². The number of carbonyl (C=O) groups is 1. The molecule has 2 saturated heterocycles. The molecule has 2 heterocycles. The van der Waals surface area contributed by atoms with Crippen LogP contribution in [-0.2, 0) is 4.79 Å². The lowest BCUT2D eigenvalue weighted by atomic mass is 9.80. The Morgan fingerprint density at radius 3 is 2.74 bits per heavy atom. The fourth-order valence-corrected chi connectivity index (χ4v) is 5.38. The van der Waals surface area contributed by atoms with Gasteiger partial charge < -0.3 is 5.11 Å². The summed E-state index contributed by atoms with van der Waals surface area (Å²) in [4.78, 5) is 14.1. The van der Waals surface area contributed by atoms with Gasteiger partial charge in [0, 0.05) is 18.3 Å². The lowest BCUT2D eigenvalue weighted by molar-refractivity contribution is -0.148. The first kappa shape index (κ1) is 15.2. The van der Waals surface area contributed by atoms with Crippen molar-refractivity contribution < 1.29 is 9.90 Å². The Kier molecular flexibility index (Phi) is 4.51. The fourth-order valence-electron chi connectivity index (χ4n) is 3.66. The summed E-state index contributed by atoms with van der Waals surface area (Å²) >= 11 is 2.02. The van der Waals surface area contributed by atoms with Gasteiger partial charge in [-0.2, -0.15) is 11.8 Å². The highest BCUT2D eigenvalue weighted by molar-refractivity contribution is 7.99. The minimum Gasteiger partial charge on any atom is -0.481 e. The number of likely N-dealkylation sites (tertiary alicyclic amines) is 1. The average Bonchev–Trinajstić information content (AvgIpc) is 2.74. The number of rotatable bonds is 4. The molecule has 2 unspecified atom stereocenters. The molecule has 3 nitrogen and oxygen atoms in total. The fraction of sp³-hybridized carbons (Fsp3) is 0.933. The van der Waals surface area contributed by atoms with Gasteiger partial charge in [0.15, 0.2) is 0 Å². The van der Waals surface area contributed by atoms with Gasteiger partial charge in [-0.05, 0) is 37.0 Å². The third-order valence-corrected chi connectivity index (χ3v) is 6.12. The molecule has 0 aliphatic carbocycles. The van der Waals surface area contributed by atoms with E-state index in [-0.39, 0.29) is 0 Å². The Labute approximate surface area is 121 Å². The molecule has 1 N–H and O–H groups in total. The predicted molar refractivity (Wildman–Crippen MR) is 80.7 cm³/mol. The first-order chi connectivity index (χ1) is 8.91.